The first kappa shape index (κ1) is 17.8. The van der Waals surface area contributed by atoms with Gasteiger partial charge in [0.25, 0.3) is 5.91 Å². The highest BCUT2D eigenvalue weighted by atomic mass is 32.2. The molecule has 1 spiro atoms. The third kappa shape index (κ3) is 2.45. The van der Waals surface area contributed by atoms with E-state index in [1.807, 2.05) is 46.2 Å². The fourth-order valence-electron chi connectivity index (χ4n) is 4.58. The molecule has 144 valence electrons. The van der Waals surface area contributed by atoms with Gasteiger partial charge in [-0.05, 0) is 37.0 Å². The van der Waals surface area contributed by atoms with Gasteiger partial charge in [0.1, 0.15) is 0 Å². The van der Waals surface area contributed by atoms with Crippen LogP contribution in [-0.2, 0) is 21.0 Å². The van der Waals surface area contributed by atoms with E-state index in [1.165, 1.54) is 5.56 Å². The molecule has 0 aromatic heterocycles. The smallest absolute Gasteiger partial charge is 0.268 e. The van der Waals surface area contributed by atoms with Gasteiger partial charge in [0.05, 0.1) is 12.2 Å². The summed E-state index contributed by atoms with van der Waals surface area (Å²) in [6.07, 6.45) is 3.03. The molecule has 5 heteroatoms. The van der Waals surface area contributed by atoms with Gasteiger partial charge < -0.3 is 9.80 Å². The van der Waals surface area contributed by atoms with Gasteiger partial charge in [-0.15, -0.1) is 11.8 Å². The molecule has 2 aliphatic heterocycles. The Kier molecular flexibility index (Phi) is 4.23. The van der Waals surface area contributed by atoms with E-state index in [2.05, 4.69) is 19.1 Å². The molecule has 5 rings (SSSR count). The number of aryl methyl sites for hydroxylation is 1. The molecule has 28 heavy (non-hydrogen) atoms. The summed E-state index contributed by atoms with van der Waals surface area (Å²) >= 11 is 1.62. The monoisotopic (exact) mass is 392 g/mol. The van der Waals surface area contributed by atoms with Gasteiger partial charge in [-0.2, -0.15) is 0 Å². The van der Waals surface area contributed by atoms with E-state index in [0.29, 0.717) is 13.1 Å². The summed E-state index contributed by atoms with van der Waals surface area (Å²) in [4.78, 5) is 30.0. The number of para-hydroxylation sites is 1. The first-order valence-corrected chi connectivity index (χ1v) is 11.0. The Labute approximate surface area is 169 Å². The number of nitrogens with zero attached hydrogens (tertiary/aromatic N) is 2. The van der Waals surface area contributed by atoms with Crippen LogP contribution in [0.5, 0.6) is 0 Å². The third-order valence-electron chi connectivity index (χ3n) is 6.41. The summed E-state index contributed by atoms with van der Waals surface area (Å²) in [5, 5.41) is 0. The van der Waals surface area contributed by atoms with Gasteiger partial charge in [-0.1, -0.05) is 48.9 Å². The van der Waals surface area contributed by atoms with Gasteiger partial charge in [0.2, 0.25) is 5.91 Å². The van der Waals surface area contributed by atoms with E-state index in [0.717, 1.165) is 41.8 Å². The molecule has 1 saturated carbocycles. The molecule has 0 radical (unpaired) electrons. The van der Waals surface area contributed by atoms with E-state index in [1.54, 1.807) is 11.8 Å². The summed E-state index contributed by atoms with van der Waals surface area (Å²) in [6, 6.07) is 16.2. The van der Waals surface area contributed by atoms with E-state index in [9.17, 15) is 9.59 Å². The second-order valence-electron chi connectivity index (χ2n) is 7.95. The maximum Gasteiger partial charge on any atom is 0.268 e. The number of fused-ring (bicyclic) bond motifs is 2. The SMILES string of the molecule is Cc1ccccc1CN1C(=O)[C@]2(SCCN2C(=O)C2CCC2)c2ccccc21. The molecule has 0 bridgehead atoms. The molecule has 2 aromatic carbocycles. The van der Waals surface area contributed by atoms with Crippen LogP contribution in [0.4, 0.5) is 5.69 Å². The Morgan fingerprint density at radius 3 is 2.64 bits per heavy atom. The van der Waals surface area contributed by atoms with Crippen LogP contribution < -0.4 is 4.90 Å². The quantitative estimate of drug-likeness (QED) is 0.791. The van der Waals surface area contributed by atoms with Gasteiger partial charge in [0, 0.05) is 23.8 Å². The summed E-state index contributed by atoms with van der Waals surface area (Å²) in [5.74, 6) is 1.10. The highest BCUT2D eigenvalue weighted by Crippen LogP contribution is 2.55. The minimum atomic E-state index is -0.883. The molecule has 2 heterocycles. The van der Waals surface area contributed by atoms with Gasteiger partial charge in [0.15, 0.2) is 4.87 Å². The summed E-state index contributed by atoms with van der Waals surface area (Å²) in [6.45, 7) is 3.27. The van der Waals surface area contributed by atoms with Crippen LogP contribution in [0.25, 0.3) is 0 Å². The molecule has 4 nitrogen and oxygen atoms in total. The van der Waals surface area contributed by atoms with E-state index < -0.39 is 4.87 Å². The average molecular weight is 393 g/mol. The van der Waals surface area contributed by atoms with E-state index >= 15 is 0 Å². The number of amides is 2. The van der Waals surface area contributed by atoms with Crippen molar-refractivity contribution in [1.82, 2.24) is 4.90 Å². The lowest BCUT2D eigenvalue weighted by molar-refractivity contribution is -0.145. The highest BCUT2D eigenvalue weighted by molar-refractivity contribution is 8.01. The molecule has 2 aromatic rings. The number of anilines is 1. The lowest BCUT2D eigenvalue weighted by Gasteiger charge is -2.37. The first-order valence-electron chi connectivity index (χ1n) is 10.0. The fraction of sp³-hybridized carbons (Fsp3) is 0.391. The molecule has 1 aliphatic carbocycles. The zero-order valence-corrected chi connectivity index (χ0v) is 16.9. The van der Waals surface area contributed by atoms with Crippen LogP contribution >= 0.6 is 11.8 Å². The van der Waals surface area contributed by atoms with Crippen molar-refractivity contribution in [2.24, 2.45) is 5.92 Å². The van der Waals surface area contributed by atoms with E-state index in [4.69, 9.17) is 0 Å². The largest absolute Gasteiger partial charge is 0.315 e. The van der Waals surface area contributed by atoms with Crippen LogP contribution in [0.2, 0.25) is 0 Å². The Bertz CT molecular complexity index is 955. The molecule has 2 fully saturated rings. The highest BCUT2D eigenvalue weighted by Gasteiger charge is 2.60. The zero-order chi connectivity index (χ0) is 19.3. The maximum atomic E-state index is 13.9. The Balaban J connectivity index is 1.57. The predicted octanol–water partition coefficient (Wildman–Crippen LogP) is 4.07. The van der Waals surface area contributed by atoms with Crippen molar-refractivity contribution in [2.75, 3.05) is 17.2 Å². The topological polar surface area (TPSA) is 40.6 Å². The summed E-state index contributed by atoms with van der Waals surface area (Å²) in [5.41, 5.74) is 4.23. The van der Waals surface area contributed by atoms with Gasteiger partial charge >= 0.3 is 0 Å². The number of carbonyl (C=O) groups excluding carboxylic acids is 2. The van der Waals surface area contributed by atoms with Gasteiger partial charge in [-0.3, -0.25) is 9.59 Å². The second kappa shape index (κ2) is 6.66. The number of rotatable bonds is 3. The molecule has 2 amide bonds. The molecule has 1 saturated heterocycles. The summed E-state index contributed by atoms with van der Waals surface area (Å²) < 4.78 is 0. The molecule has 0 N–H and O–H groups in total. The lowest BCUT2D eigenvalue weighted by Crippen LogP contribution is -2.52. The maximum absolute atomic E-state index is 13.9. The molecule has 3 aliphatic rings. The average Bonchev–Trinajstić information content (AvgIpc) is 3.20. The number of hydrogen-bond donors (Lipinski definition) is 0. The normalized spacial score (nSPS) is 24.0. The van der Waals surface area contributed by atoms with Crippen molar-refractivity contribution in [2.45, 2.75) is 37.6 Å². The first-order chi connectivity index (χ1) is 13.6. The van der Waals surface area contributed by atoms with Crippen LogP contribution in [0, 0.1) is 12.8 Å². The minimum Gasteiger partial charge on any atom is -0.315 e. The summed E-state index contributed by atoms with van der Waals surface area (Å²) in [7, 11) is 0. The van der Waals surface area contributed by atoms with E-state index in [-0.39, 0.29) is 17.7 Å². The predicted molar refractivity (Wildman–Crippen MR) is 112 cm³/mol. The second-order valence-corrected chi connectivity index (χ2v) is 9.23. The standard InChI is InChI=1S/C23H24N2O2S/c1-16-7-2-3-8-18(16)15-24-20-12-5-4-11-19(20)23(22(24)27)25(13-14-28-23)21(26)17-9-6-10-17/h2-5,7-8,11-12,17H,6,9-10,13-15H2,1H3/t23-/m1/s1. The van der Waals surface area contributed by atoms with Crippen molar-refractivity contribution < 1.29 is 9.59 Å². The van der Waals surface area contributed by atoms with Crippen LogP contribution in [0.1, 0.15) is 36.0 Å². The molecular formula is C23H24N2O2S. The van der Waals surface area contributed by atoms with Crippen LogP contribution in [0.3, 0.4) is 0 Å². The van der Waals surface area contributed by atoms with Gasteiger partial charge in [-0.25, -0.2) is 0 Å². The van der Waals surface area contributed by atoms with Crippen molar-refractivity contribution in [1.29, 1.82) is 0 Å². The molecular weight excluding hydrogens is 368 g/mol. The molecule has 0 unspecified atom stereocenters. The number of hydrogen-bond acceptors (Lipinski definition) is 3. The zero-order valence-electron chi connectivity index (χ0n) is 16.1. The van der Waals surface area contributed by atoms with Crippen LogP contribution in [-0.4, -0.2) is 29.0 Å². The van der Waals surface area contributed by atoms with Crippen molar-refractivity contribution in [3.63, 3.8) is 0 Å². The Morgan fingerprint density at radius 2 is 1.89 bits per heavy atom. The van der Waals surface area contributed by atoms with Crippen LogP contribution in [0.15, 0.2) is 48.5 Å². The Hall–Kier alpha value is -2.27. The van der Waals surface area contributed by atoms with Crippen molar-refractivity contribution in [3.8, 4) is 0 Å². The number of benzene rings is 2. The number of carbonyl (C=O) groups is 2. The lowest BCUT2D eigenvalue weighted by atomic mass is 9.84. The Morgan fingerprint density at radius 1 is 1.14 bits per heavy atom. The molecule has 1 atom stereocenters. The fourth-order valence-corrected chi connectivity index (χ4v) is 6.05. The third-order valence-corrected chi connectivity index (χ3v) is 7.83. The van der Waals surface area contributed by atoms with Crippen molar-refractivity contribution >= 4 is 29.3 Å². The number of thioether (sulfide) groups is 1. The minimum absolute atomic E-state index is 0.0344. The van der Waals surface area contributed by atoms with Crippen molar-refractivity contribution in [3.05, 3.63) is 65.2 Å².